The topological polar surface area (TPSA) is 38.3 Å². The van der Waals surface area contributed by atoms with Crippen molar-refractivity contribution in [2.45, 2.75) is 26.3 Å². The van der Waals surface area contributed by atoms with E-state index in [1.807, 2.05) is 20.8 Å². The molecule has 0 saturated heterocycles. The Morgan fingerprint density at radius 3 is 2.14 bits per heavy atom. The fraction of sp³-hybridized carbons (Fsp3) is 0.900. The number of ether oxygens (including phenoxy) is 1. The number of carbonyl (C=O) groups is 1. The standard InChI is InChI=1S/C10H22N2O2/c1-10(2,3)11-9(13)14-8-7-12(4,5)6/h7-8H2,1-6H3/p+1. The number of rotatable bonds is 3. The zero-order valence-electron chi connectivity index (χ0n) is 10.2. The Balaban J connectivity index is 3.66. The number of hydrogen-bond donors (Lipinski definition) is 1. The van der Waals surface area contributed by atoms with E-state index in [9.17, 15) is 4.79 Å². The van der Waals surface area contributed by atoms with Crippen molar-refractivity contribution < 1.29 is 14.0 Å². The van der Waals surface area contributed by atoms with Gasteiger partial charge in [0.05, 0.1) is 21.1 Å². The summed E-state index contributed by atoms with van der Waals surface area (Å²) in [5.74, 6) is 0. The molecule has 0 aromatic heterocycles. The molecule has 0 spiro atoms. The van der Waals surface area contributed by atoms with E-state index in [1.165, 1.54) is 0 Å². The van der Waals surface area contributed by atoms with Gasteiger partial charge in [-0.2, -0.15) is 0 Å². The van der Waals surface area contributed by atoms with Crippen molar-refractivity contribution in [1.82, 2.24) is 5.32 Å². The maximum Gasteiger partial charge on any atom is 0.407 e. The molecule has 0 aliphatic rings. The van der Waals surface area contributed by atoms with Crippen LogP contribution < -0.4 is 5.32 Å². The van der Waals surface area contributed by atoms with Gasteiger partial charge in [-0.3, -0.25) is 0 Å². The average molecular weight is 203 g/mol. The molecule has 4 heteroatoms. The summed E-state index contributed by atoms with van der Waals surface area (Å²) in [4.78, 5) is 11.2. The van der Waals surface area contributed by atoms with E-state index >= 15 is 0 Å². The molecule has 0 bridgehead atoms. The van der Waals surface area contributed by atoms with Crippen LogP contribution in [0.5, 0.6) is 0 Å². The predicted octanol–water partition coefficient (Wildman–Crippen LogP) is 1.22. The van der Waals surface area contributed by atoms with Gasteiger partial charge < -0.3 is 14.5 Å². The molecule has 0 atom stereocenters. The van der Waals surface area contributed by atoms with E-state index in [0.717, 1.165) is 11.0 Å². The van der Waals surface area contributed by atoms with E-state index in [2.05, 4.69) is 26.5 Å². The molecule has 0 saturated carbocycles. The summed E-state index contributed by atoms with van der Waals surface area (Å²) < 4.78 is 5.82. The number of hydrogen-bond acceptors (Lipinski definition) is 2. The lowest BCUT2D eigenvalue weighted by Crippen LogP contribution is -2.43. The maximum atomic E-state index is 11.2. The molecule has 1 amide bonds. The molecule has 0 aliphatic heterocycles. The first-order valence-electron chi connectivity index (χ1n) is 4.85. The van der Waals surface area contributed by atoms with Gasteiger partial charge in [-0.25, -0.2) is 4.79 Å². The Bertz CT molecular complexity index is 189. The van der Waals surface area contributed by atoms with Crippen LogP contribution in [0.2, 0.25) is 0 Å². The Labute approximate surface area is 86.8 Å². The number of alkyl carbamates (subject to hydrolysis) is 1. The number of quaternary nitrogens is 1. The minimum absolute atomic E-state index is 0.228. The second-order valence-corrected chi connectivity index (χ2v) is 5.52. The molecule has 0 heterocycles. The van der Waals surface area contributed by atoms with Gasteiger partial charge in [-0.15, -0.1) is 0 Å². The van der Waals surface area contributed by atoms with Crippen LogP contribution in [0.4, 0.5) is 4.79 Å². The highest BCUT2D eigenvalue weighted by molar-refractivity contribution is 5.67. The first kappa shape index (κ1) is 13.2. The summed E-state index contributed by atoms with van der Waals surface area (Å²) in [6.07, 6.45) is -0.342. The summed E-state index contributed by atoms with van der Waals surface area (Å²) in [7, 11) is 6.18. The largest absolute Gasteiger partial charge is 0.444 e. The molecule has 1 N–H and O–H groups in total. The molecule has 0 rings (SSSR count). The van der Waals surface area contributed by atoms with Gasteiger partial charge >= 0.3 is 6.09 Å². The zero-order valence-corrected chi connectivity index (χ0v) is 10.2. The van der Waals surface area contributed by atoms with E-state index < -0.39 is 0 Å². The summed E-state index contributed by atoms with van der Waals surface area (Å²) in [6.45, 7) is 7.04. The SMILES string of the molecule is CC(C)(C)NC(=O)OCC[N+](C)(C)C. The van der Waals surface area contributed by atoms with Crippen molar-refractivity contribution in [1.29, 1.82) is 0 Å². The third-order valence-corrected chi connectivity index (χ3v) is 1.47. The average Bonchev–Trinajstić information content (AvgIpc) is 1.78. The molecule has 14 heavy (non-hydrogen) atoms. The van der Waals surface area contributed by atoms with E-state index in [0.29, 0.717) is 6.61 Å². The molecule has 0 aromatic carbocycles. The molecule has 4 nitrogen and oxygen atoms in total. The highest BCUT2D eigenvalue weighted by atomic mass is 16.5. The van der Waals surface area contributed by atoms with Gasteiger partial charge in [0.1, 0.15) is 13.2 Å². The van der Waals surface area contributed by atoms with Crippen LogP contribution in [0.1, 0.15) is 20.8 Å². The zero-order chi connectivity index (χ0) is 11.4. The van der Waals surface area contributed by atoms with Crippen LogP contribution >= 0.6 is 0 Å². The fourth-order valence-corrected chi connectivity index (χ4v) is 0.754. The van der Waals surface area contributed by atoms with Crippen molar-refractivity contribution in [3.63, 3.8) is 0 Å². The Morgan fingerprint density at radius 1 is 1.29 bits per heavy atom. The number of nitrogens with one attached hydrogen (secondary N) is 1. The summed E-state index contributed by atoms with van der Waals surface area (Å²) in [5, 5.41) is 2.74. The first-order valence-corrected chi connectivity index (χ1v) is 4.85. The predicted molar refractivity (Wildman–Crippen MR) is 57.1 cm³/mol. The second-order valence-electron chi connectivity index (χ2n) is 5.52. The Hall–Kier alpha value is -0.770. The Kier molecular flexibility index (Phi) is 4.39. The van der Waals surface area contributed by atoms with Crippen LogP contribution in [0.25, 0.3) is 0 Å². The molecule has 0 unspecified atom stereocenters. The second kappa shape index (κ2) is 4.64. The van der Waals surface area contributed by atoms with Crippen molar-refractivity contribution in [3.05, 3.63) is 0 Å². The van der Waals surface area contributed by atoms with Crippen LogP contribution in [0.3, 0.4) is 0 Å². The van der Waals surface area contributed by atoms with Gasteiger partial charge in [0, 0.05) is 5.54 Å². The van der Waals surface area contributed by atoms with Gasteiger partial charge in [0.15, 0.2) is 0 Å². The highest BCUT2D eigenvalue weighted by Gasteiger charge is 2.15. The number of nitrogens with zero attached hydrogens (tertiary/aromatic N) is 1. The minimum Gasteiger partial charge on any atom is -0.444 e. The van der Waals surface area contributed by atoms with E-state index in [-0.39, 0.29) is 11.6 Å². The number of likely N-dealkylation sites (N-methyl/N-ethyl adjacent to an activating group) is 1. The monoisotopic (exact) mass is 203 g/mol. The third kappa shape index (κ3) is 9.32. The quantitative estimate of drug-likeness (QED) is 0.700. The number of amides is 1. The van der Waals surface area contributed by atoms with Crippen molar-refractivity contribution >= 4 is 6.09 Å². The minimum atomic E-state index is -0.342. The molecule has 0 aliphatic carbocycles. The molecular weight excluding hydrogens is 180 g/mol. The maximum absolute atomic E-state index is 11.2. The van der Waals surface area contributed by atoms with Crippen molar-refractivity contribution in [2.24, 2.45) is 0 Å². The molecular formula is C10H23N2O2+. The number of carbonyl (C=O) groups excluding carboxylic acids is 1. The summed E-state index contributed by atoms with van der Waals surface area (Å²) in [5.41, 5.74) is -0.228. The van der Waals surface area contributed by atoms with E-state index in [4.69, 9.17) is 4.74 Å². The van der Waals surface area contributed by atoms with E-state index in [1.54, 1.807) is 0 Å². The smallest absolute Gasteiger partial charge is 0.407 e. The molecule has 0 fully saturated rings. The first-order chi connectivity index (χ1) is 6.10. The molecule has 0 radical (unpaired) electrons. The molecule has 0 aromatic rings. The van der Waals surface area contributed by atoms with Gasteiger partial charge in [0.2, 0.25) is 0 Å². The van der Waals surface area contributed by atoms with Crippen LogP contribution in [0.15, 0.2) is 0 Å². The van der Waals surface area contributed by atoms with Crippen LogP contribution in [0, 0.1) is 0 Å². The van der Waals surface area contributed by atoms with Gasteiger partial charge in [0.25, 0.3) is 0 Å². The van der Waals surface area contributed by atoms with Crippen molar-refractivity contribution in [2.75, 3.05) is 34.3 Å². The summed E-state index contributed by atoms with van der Waals surface area (Å²) in [6, 6.07) is 0. The fourth-order valence-electron chi connectivity index (χ4n) is 0.754. The lowest BCUT2D eigenvalue weighted by molar-refractivity contribution is -0.870. The van der Waals surface area contributed by atoms with Gasteiger partial charge in [-0.1, -0.05) is 0 Å². The van der Waals surface area contributed by atoms with Crippen LogP contribution in [-0.4, -0.2) is 50.4 Å². The lowest BCUT2D eigenvalue weighted by atomic mass is 10.1. The highest BCUT2D eigenvalue weighted by Crippen LogP contribution is 1.99. The van der Waals surface area contributed by atoms with Crippen LogP contribution in [-0.2, 0) is 4.74 Å². The van der Waals surface area contributed by atoms with Gasteiger partial charge in [-0.05, 0) is 20.8 Å². The summed E-state index contributed by atoms with van der Waals surface area (Å²) >= 11 is 0. The Morgan fingerprint density at radius 2 is 1.79 bits per heavy atom. The molecule has 84 valence electrons. The normalized spacial score (nSPS) is 12.4. The third-order valence-electron chi connectivity index (χ3n) is 1.47. The lowest BCUT2D eigenvalue weighted by Gasteiger charge is -2.24. The van der Waals surface area contributed by atoms with Crippen molar-refractivity contribution in [3.8, 4) is 0 Å².